The van der Waals surface area contributed by atoms with Crippen molar-refractivity contribution in [1.82, 2.24) is 4.90 Å². The molecule has 1 saturated heterocycles. The molecule has 1 heterocycles. The van der Waals surface area contributed by atoms with E-state index in [0.717, 1.165) is 29.5 Å². The van der Waals surface area contributed by atoms with Crippen LogP contribution >= 0.6 is 0 Å². The number of imide groups is 1. The number of carbonyl (C=O) groups excluding carboxylic acids is 2. The predicted octanol–water partition coefficient (Wildman–Crippen LogP) is 4.68. The predicted molar refractivity (Wildman–Crippen MR) is 131 cm³/mol. The molecule has 0 bridgehead atoms. The summed E-state index contributed by atoms with van der Waals surface area (Å²) in [7, 11) is 0.889. The van der Waals surface area contributed by atoms with Crippen molar-refractivity contribution < 1.29 is 24.0 Å². The van der Waals surface area contributed by atoms with Crippen LogP contribution in [0.15, 0.2) is 84.9 Å². The molecule has 3 aromatic rings. The van der Waals surface area contributed by atoms with Crippen LogP contribution in [0.4, 0.5) is 4.79 Å². The van der Waals surface area contributed by atoms with Gasteiger partial charge in [-0.2, -0.15) is 0 Å². The Morgan fingerprint density at radius 1 is 1.00 bits per heavy atom. The molecule has 0 spiro atoms. The standard InChI is InChI=1S/C26H25NO4.CH3NO2/c28-25(27-23(19-31-26(27)29)16-20-8-3-1-4-9-20)15-14-21-12-7-13-24(17-21)30-18-22-10-5-2-6-11-22;1-2(3)4/h1-13,17,23H,14-16,18-19H2;1H3. The first-order valence-electron chi connectivity index (χ1n) is 11.3. The zero-order valence-electron chi connectivity index (χ0n) is 19.5. The summed E-state index contributed by atoms with van der Waals surface area (Å²) in [6, 6.07) is 27.3. The Bertz CT molecular complexity index is 1120. The van der Waals surface area contributed by atoms with Gasteiger partial charge >= 0.3 is 6.09 Å². The summed E-state index contributed by atoms with van der Waals surface area (Å²) in [5, 5.41) is 8.81. The maximum Gasteiger partial charge on any atom is 0.416 e. The number of carbonyl (C=O) groups is 2. The van der Waals surface area contributed by atoms with E-state index in [-0.39, 0.29) is 25.0 Å². The molecule has 3 aromatic carbocycles. The van der Waals surface area contributed by atoms with Gasteiger partial charge in [-0.15, -0.1) is 0 Å². The molecule has 1 fully saturated rings. The number of benzene rings is 3. The fourth-order valence-corrected chi connectivity index (χ4v) is 3.71. The number of rotatable bonds is 8. The Morgan fingerprint density at radius 2 is 1.60 bits per heavy atom. The zero-order valence-corrected chi connectivity index (χ0v) is 19.5. The van der Waals surface area contributed by atoms with E-state index in [9.17, 15) is 9.59 Å². The van der Waals surface area contributed by atoms with Gasteiger partial charge in [-0.1, -0.05) is 72.8 Å². The molecule has 0 saturated carbocycles. The summed E-state index contributed by atoms with van der Waals surface area (Å²) in [5.74, 6) is 0.551. The van der Waals surface area contributed by atoms with Crippen LogP contribution in [0.5, 0.6) is 5.75 Å². The molecule has 8 nitrogen and oxygen atoms in total. The third-order valence-corrected chi connectivity index (χ3v) is 5.32. The molecular formula is C27H28N2O6. The maximum atomic E-state index is 12.8. The number of hydrogen-bond acceptors (Lipinski definition) is 6. The Kier molecular flexibility index (Phi) is 9.36. The van der Waals surface area contributed by atoms with Gasteiger partial charge in [0.2, 0.25) is 5.91 Å². The molecule has 0 aliphatic carbocycles. The van der Waals surface area contributed by atoms with E-state index in [2.05, 4.69) is 0 Å². The molecule has 0 radical (unpaired) electrons. The third-order valence-electron chi connectivity index (χ3n) is 5.32. The van der Waals surface area contributed by atoms with E-state index in [1.54, 1.807) is 0 Å². The molecule has 35 heavy (non-hydrogen) atoms. The number of cyclic esters (lactones) is 1. The Labute approximate surface area is 204 Å². The maximum absolute atomic E-state index is 12.8. The fraction of sp³-hybridized carbons (Fsp3) is 0.259. The molecule has 1 aliphatic heterocycles. The van der Waals surface area contributed by atoms with E-state index in [1.165, 1.54) is 4.90 Å². The van der Waals surface area contributed by atoms with Crippen LogP contribution in [0, 0.1) is 10.1 Å². The first kappa shape index (κ1) is 25.4. The van der Waals surface area contributed by atoms with Crippen molar-refractivity contribution in [2.45, 2.75) is 31.9 Å². The van der Waals surface area contributed by atoms with Gasteiger partial charge in [-0.3, -0.25) is 14.9 Å². The molecule has 0 aromatic heterocycles. The highest BCUT2D eigenvalue weighted by atomic mass is 16.6. The molecular weight excluding hydrogens is 448 g/mol. The number of nitrogens with zero attached hydrogens (tertiary/aromatic N) is 2. The topological polar surface area (TPSA) is 99.0 Å². The van der Waals surface area contributed by atoms with Gasteiger partial charge < -0.3 is 9.47 Å². The van der Waals surface area contributed by atoms with Crippen molar-refractivity contribution in [2.24, 2.45) is 0 Å². The second-order valence-corrected chi connectivity index (χ2v) is 8.05. The molecule has 182 valence electrons. The fourth-order valence-electron chi connectivity index (χ4n) is 3.71. The number of amides is 2. The zero-order chi connectivity index (χ0) is 25.0. The highest BCUT2D eigenvalue weighted by Crippen LogP contribution is 2.21. The summed E-state index contributed by atoms with van der Waals surface area (Å²) in [6.45, 7) is 0.728. The molecule has 2 amide bonds. The van der Waals surface area contributed by atoms with Crippen molar-refractivity contribution in [3.05, 3.63) is 112 Å². The van der Waals surface area contributed by atoms with Crippen LogP contribution in [0.25, 0.3) is 0 Å². The minimum Gasteiger partial charge on any atom is -0.489 e. The highest BCUT2D eigenvalue weighted by Gasteiger charge is 2.37. The van der Waals surface area contributed by atoms with Crippen molar-refractivity contribution in [2.75, 3.05) is 13.7 Å². The quantitative estimate of drug-likeness (QED) is 0.346. The van der Waals surface area contributed by atoms with Crippen molar-refractivity contribution in [1.29, 1.82) is 0 Å². The average molecular weight is 477 g/mol. The van der Waals surface area contributed by atoms with Gasteiger partial charge in [-0.25, -0.2) is 9.69 Å². The molecule has 1 aliphatic rings. The van der Waals surface area contributed by atoms with E-state index < -0.39 is 11.0 Å². The van der Waals surface area contributed by atoms with Crippen LogP contribution in [-0.2, 0) is 29.0 Å². The first-order chi connectivity index (χ1) is 16.9. The SMILES string of the molecule is C[N+](=O)[O-].O=C(CCc1cccc(OCc2ccccc2)c1)N1C(=O)OCC1Cc1ccccc1. The third kappa shape index (κ3) is 8.26. The lowest BCUT2D eigenvalue weighted by Crippen LogP contribution is -2.40. The average Bonchev–Trinajstić information content (AvgIpc) is 3.22. The van der Waals surface area contributed by atoms with Gasteiger partial charge in [0.1, 0.15) is 19.0 Å². The van der Waals surface area contributed by atoms with Crippen molar-refractivity contribution in [3.63, 3.8) is 0 Å². The van der Waals surface area contributed by atoms with E-state index in [1.807, 2.05) is 84.9 Å². The van der Waals surface area contributed by atoms with Gasteiger partial charge in [0, 0.05) is 11.3 Å². The second-order valence-electron chi connectivity index (χ2n) is 8.05. The van der Waals surface area contributed by atoms with Crippen molar-refractivity contribution in [3.8, 4) is 5.75 Å². The summed E-state index contributed by atoms with van der Waals surface area (Å²) in [6.07, 6.45) is 0.818. The second kappa shape index (κ2) is 12.9. The number of hydrogen-bond donors (Lipinski definition) is 0. The minimum absolute atomic E-state index is 0.209. The summed E-state index contributed by atoms with van der Waals surface area (Å²) in [5.41, 5.74) is 3.16. The number of nitro groups is 1. The first-order valence-corrected chi connectivity index (χ1v) is 11.3. The molecule has 0 N–H and O–H groups in total. The Balaban J connectivity index is 0.000000795. The lowest BCUT2D eigenvalue weighted by atomic mass is 10.0. The summed E-state index contributed by atoms with van der Waals surface area (Å²) >= 11 is 0. The van der Waals surface area contributed by atoms with E-state index in [0.29, 0.717) is 19.4 Å². The smallest absolute Gasteiger partial charge is 0.416 e. The highest BCUT2D eigenvalue weighted by molar-refractivity contribution is 5.93. The van der Waals surface area contributed by atoms with Gasteiger partial charge in [0.15, 0.2) is 7.05 Å². The van der Waals surface area contributed by atoms with Crippen LogP contribution in [-0.4, -0.2) is 41.5 Å². The minimum atomic E-state index is -0.550. The molecule has 1 atom stereocenters. The van der Waals surface area contributed by atoms with Gasteiger partial charge in [-0.05, 0) is 41.7 Å². The summed E-state index contributed by atoms with van der Waals surface area (Å²) < 4.78 is 11.0. The largest absolute Gasteiger partial charge is 0.489 e. The molecule has 4 rings (SSSR count). The van der Waals surface area contributed by atoms with E-state index in [4.69, 9.17) is 19.6 Å². The van der Waals surface area contributed by atoms with Gasteiger partial charge in [0.25, 0.3) is 0 Å². The molecule has 1 unspecified atom stereocenters. The summed E-state index contributed by atoms with van der Waals surface area (Å²) in [4.78, 5) is 34.6. The van der Waals surface area contributed by atoms with E-state index >= 15 is 0 Å². The lowest BCUT2D eigenvalue weighted by molar-refractivity contribution is -0.445. The Morgan fingerprint density at radius 3 is 2.26 bits per heavy atom. The normalized spacial score (nSPS) is 14.5. The van der Waals surface area contributed by atoms with Crippen LogP contribution in [0.2, 0.25) is 0 Å². The van der Waals surface area contributed by atoms with Crippen molar-refractivity contribution >= 4 is 12.0 Å². The van der Waals surface area contributed by atoms with Gasteiger partial charge in [0.05, 0.1) is 6.04 Å². The van der Waals surface area contributed by atoms with Crippen LogP contribution in [0.3, 0.4) is 0 Å². The monoisotopic (exact) mass is 476 g/mol. The number of aryl methyl sites for hydroxylation is 1. The van der Waals surface area contributed by atoms with Crippen LogP contribution in [0.1, 0.15) is 23.1 Å². The van der Waals surface area contributed by atoms with Crippen LogP contribution < -0.4 is 4.74 Å². The number of ether oxygens (including phenoxy) is 2. The molecule has 8 heteroatoms. The Hall–Kier alpha value is -4.20. The lowest BCUT2D eigenvalue weighted by Gasteiger charge is -2.19.